The number of amides is 1. The molecule has 3 rings (SSSR count). The van der Waals surface area contributed by atoms with Gasteiger partial charge in [-0.1, -0.05) is 12.1 Å². The topological polar surface area (TPSA) is 68.6 Å². The molecule has 1 aliphatic heterocycles. The van der Waals surface area contributed by atoms with Gasteiger partial charge in [0.15, 0.2) is 0 Å². The molecule has 1 amide bonds. The predicted octanol–water partition coefficient (Wildman–Crippen LogP) is 1.43. The van der Waals surface area contributed by atoms with Crippen molar-refractivity contribution in [1.82, 2.24) is 9.47 Å². The Morgan fingerprint density at radius 1 is 1.21 bits per heavy atom. The molecule has 154 valence electrons. The Morgan fingerprint density at radius 3 is 2.52 bits per heavy atom. The van der Waals surface area contributed by atoms with Crippen LogP contribution < -0.4 is 14.8 Å². The Hall–Kier alpha value is -2.32. The van der Waals surface area contributed by atoms with Gasteiger partial charge in [0.2, 0.25) is 5.91 Å². The maximum atomic E-state index is 13.0. The molecular weight excluding hydrogens is 408 g/mol. The minimum Gasteiger partial charge on any atom is -0.463 e. The fourth-order valence-electron chi connectivity index (χ4n) is 3.13. The lowest BCUT2D eigenvalue weighted by Crippen LogP contribution is -2.39. The molecule has 0 spiro atoms. The van der Waals surface area contributed by atoms with Crippen LogP contribution in [-0.4, -0.2) is 47.3 Å². The Bertz CT molecular complexity index is 1050. The summed E-state index contributed by atoms with van der Waals surface area (Å²) in [6.45, 7) is 3.34. The van der Waals surface area contributed by atoms with Crippen LogP contribution in [0.25, 0.3) is 12.2 Å². The van der Waals surface area contributed by atoms with Crippen LogP contribution in [0.15, 0.2) is 34.0 Å². The summed E-state index contributed by atoms with van der Waals surface area (Å²) in [6, 6.07) is 7.87. The number of ether oxygens (including phenoxy) is 1. The fourth-order valence-corrected chi connectivity index (χ4v) is 4.57. The molecule has 1 fully saturated rings. The number of thiazole rings is 1. The highest BCUT2D eigenvalue weighted by molar-refractivity contribution is 7.98. The van der Waals surface area contributed by atoms with Gasteiger partial charge in [0.05, 0.1) is 17.2 Å². The first kappa shape index (κ1) is 21.4. The van der Waals surface area contributed by atoms with Crippen molar-refractivity contribution in [2.75, 3.05) is 26.0 Å². The van der Waals surface area contributed by atoms with Crippen molar-refractivity contribution in [2.24, 2.45) is 0 Å². The Kier molecular flexibility index (Phi) is 7.33. The number of aromatic nitrogens is 1. The first-order valence-corrected chi connectivity index (χ1v) is 11.6. The number of rotatable bonds is 6. The molecule has 0 bridgehead atoms. The van der Waals surface area contributed by atoms with Crippen LogP contribution in [0, 0.1) is 0 Å². The molecule has 0 radical (unpaired) electrons. The number of nitrogens with zero attached hydrogens (tertiary/aromatic N) is 2. The molecule has 1 saturated heterocycles. The van der Waals surface area contributed by atoms with Crippen LogP contribution in [0.4, 0.5) is 0 Å². The summed E-state index contributed by atoms with van der Waals surface area (Å²) < 4.78 is 7.27. The lowest BCUT2D eigenvalue weighted by molar-refractivity contribution is -0.135. The second kappa shape index (κ2) is 9.93. The summed E-state index contributed by atoms with van der Waals surface area (Å²) in [5, 5.41) is 0. The summed E-state index contributed by atoms with van der Waals surface area (Å²) in [5.74, 6) is -0.622. The number of thioether (sulfide) groups is 1. The molecular formula is C21H24N2O4S2. The highest BCUT2D eigenvalue weighted by atomic mass is 32.2. The molecule has 29 heavy (non-hydrogen) atoms. The van der Waals surface area contributed by atoms with Gasteiger partial charge < -0.3 is 9.64 Å². The standard InChI is InChI=1S/C21H24N2O4S2/c1-3-27-20(25)13-19-23(14-18(24)22-10-4-5-11-22)21(26)17(29-19)12-15-6-8-16(28-2)9-7-15/h6-9,12-13H,3-5,10-11,14H2,1-2H3/b17-12+,19-13+. The molecule has 1 aliphatic rings. The van der Waals surface area contributed by atoms with E-state index >= 15 is 0 Å². The van der Waals surface area contributed by atoms with Crippen molar-refractivity contribution >= 4 is 47.1 Å². The van der Waals surface area contributed by atoms with E-state index in [2.05, 4.69) is 0 Å². The second-order valence-corrected chi connectivity index (χ2v) is 8.54. The van der Waals surface area contributed by atoms with E-state index in [9.17, 15) is 14.4 Å². The van der Waals surface area contributed by atoms with E-state index in [1.54, 1.807) is 29.7 Å². The van der Waals surface area contributed by atoms with Gasteiger partial charge in [-0.2, -0.15) is 0 Å². The van der Waals surface area contributed by atoms with E-state index in [1.165, 1.54) is 22.0 Å². The van der Waals surface area contributed by atoms with Gasteiger partial charge >= 0.3 is 5.97 Å². The van der Waals surface area contributed by atoms with Crippen LogP contribution in [-0.2, 0) is 20.9 Å². The van der Waals surface area contributed by atoms with Crippen LogP contribution in [0.5, 0.6) is 0 Å². The van der Waals surface area contributed by atoms with E-state index in [4.69, 9.17) is 4.74 Å². The van der Waals surface area contributed by atoms with E-state index in [0.29, 0.717) is 9.20 Å². The number of hydrogen-bond donors (Lipinski definition) is 0. The first-order chi connectivity index (χ1) is 14.0. The molecule has 0 unspecified atom stereocenters. The number of carbonyl (C=O) groups excluding carboxylic acids is 2. The molecule has 0 N–H and O–H groups in total. The monoisotopic (exact) mass is 432 g/mol. The molecule has 2 heterocycles. The SMILES string of the molecule is CCOC(=O)/C=c1/s/c(=C/c2ccc(SC)cc2)c(=O)n1CC(=O)N1CCCC1. The van der Waals surface area contributed by atoms with E-state index in [0.717, 1.165) is 36.4 Å². The number of esters is 1. The zero-order valence-electron chi connectivity index (χ0n) is 16.6. The molecule has 2 aromatic rings. The zero-order valence-corrected chi connectivity index (χ0v) is 18.2. The smallest absolute Gasteiger partial charge is 0.333 e. The third-order valence-corrected chi connectivity index (χ3v) is 6.43. The molecule has 0 aliphatic carbocycles. The molecule has 0 atom stereocenters. The van der Waals surface area contributed by atoms with Gasteiger partial charge in [-0.25, -0.2) is 4.79 Å². The first-order valence-electron chi connectivity index (χ1n) is 9.53. The maximum Gasteiger partial charge on any atom is 0.333 e. The van der Waals surface area contributed by atoms with Crippen molar-refractivity contribution in [2.45, 2.75) is 31.2 Å². The number of carbonyl (C=O) groups is 2. The normalized spacial score (nSPS) is 15.2. The van der Waals surface area contributed by atoms with Crippen molar-refractivity contribution in [3.8, 4) is 0 Å². The summed E-state index contributed by atoms with van der Waals surface area (Å²) in [7, 11) is 0. The number of likely N-dealkylation sites (tertiary alicyclic amines) is 1. The average Bonchev–Trinajstić information content (AvgIpc) is 3.34. The van der Waals surface area contributed by atoms with Crippen LogP contribution in [0.1, 0.15) is 25.3 Å². The third kappa shape index (κ3) is 5.39. The van der Waals surface area contributed by atoms with Crippen molar-refractivity contribution < 1.29 is 14.3 Å². The van der Waals surface area contributed by atoms with Gasteiger partial charge in [0, 0.05) is 18.0 Å². The predicted molar refractivity (Wildman–Crippen MR) is 117 cm³/mol. The fraction of sp³-hybridized carbons (Fsp3) is 0.381. The average molecular weight is 433 g/mol. The minimum atomic E-state index is -0.521. The van der Waals surface area contributed by atoms with Crippen LogP contribution in [0.3, 0.4) is 0 Å². The van der Waals surface area contributed by atoms with Gasteiger partial charge in [-0.15, -0.1) is 23.1 Å². The molecule has 8 heteroatoms. The molecule has 1 aromatic carbocycles. The van der Waals surface area contributed by atoms with Crippen molar-refractivity contribution in [3.63, 3.8) is 0 Å². The summed E-state index contributed by atoms with van der Waals surface area (Å²) in [5.41, 5.74) is 0.619. The quantitative estimate of drug-likeness (QED) is 0.510. The highest BCUT2D eigenvalue weighted by Crippen LogP contribution is 2.15. The summed E-state index contributed by atoms with van der Waals surface area (Å²) in [4.78, 5) is 40.5. The summed E-state index contributed by atoms with van der Waals surface area (Å²) in [6.07, 6.45) is 7.05. The Labute approximate surface area is 177 Å². The lowest BCUT2D eigenvalue weighted by Gasteiger charge is -2.15. The minimum absolute atomic E-state index is 0.0696. The highest BCUT2D eigenvalue weighted by Gasteiger charge is 2.19. The molecule has 1 aromatic heterocycles. The molecule has 6 nitrogen and oxygen atoms in total. The van der Waals surface area contributed by atoms with Crippen molar-refractivity contribution in [3.05, 3.63) is 49.4 Å². The Morgan fingerprint density at radius 2 is 1.90 bits per heavy atom. The number of hydrogen-bond acceptors (Lipinski definition) is 6. The maximum absolute atomic E-state index is 13.0. The van der Waals surface area contributed by atoms with Gasteiger partial charge in [-0.05, 0) is 49.8 Å². The van der Waals surface area contributed by atoms with Crippen LogP contribution in [0.2, 0.25) is 0 Å². The largest absolute Gasteiger partial charge is 0.463 e. The Balaban J connectivity index is 2.02. The molecule has 0 saturated carbocycles. The third-order valence-electron chi connectivity index (χ3n) is 4.63. The zero-order chi connectivity index (χ0) is 20.8. The van der Waals surface area contributed by atoms with E-state index in [-0.39, 0.29) is 24.6 Å². The number of benzene rings is 1. The van der Waals surface area contributed by atoms with Crippen molar-refractivity contribution in [1.29, 1.82) is 0 Å². The van der Waals surface area contributed by atoms with E-state index < -0.39 is 5.97 Å². The lowest BCUT2D eigenvalue weighted by atomic mass is 10.2. The van der Waals surface area contributed by atoms with Crippen LogP contribution >= 0.6 is 23.1 Å². The van der Waals surface area contributed by atoms with Gasteiger partial charge in [-0.3, -0.25) is 14.2 Å². The van der Waals surface area contributed by atoms with E-state index in [1.807, 2.05) is 30.5 Å². The second-order valence-electron chi connectivity index (χ2n) is 6.60. The van der Waals surface area contributed by atoms with Gasteiger partial charge in [0.25, 0.3) is 5.56 Å². The summed E-state index contributed by atoms with van der Waals surface area (Å²) >= 11 is 2.84. The van der Waals surface area contributed by atoms with Gasteiger partial charge in [0.1, 0.15) is 11.2 Å².